The summed E-state index contributed by atoms with van der Waals surface area (Å²) in [5, 5.41) is 0. The maximum absolute atomic E-state index is 2.47. The summed E-state index contributed by atoms with van der Waals surface area (Å²) in [7, 11) is 0. The lowest BCUT2D eigenvalue weighted by Crippen LogP contribution is -2.26. The van der Waals surface area contributed by atoms with Crippen molar-refractivity contribution in [2.45, 2.75) is 5.41 Å². The highest BCUT2D eigenvalue weighted by Crippen LogP contribution is 2.64. The quantitative estimate of drug-likeness (QED) is 0.155. The van der Waals surface area contributed by atoms with Crippen molar-refractivity contribution in [1.29, 1.82) is 0 Å². The zero-order chi connectivity index (χ0) is 41.0. The first-order valence-electron chi connectivity index (χ1n) is 21.5. The van der Waals surface area contributed by atoms with Gasteiger partial charge in [-0.1, -0.05) is 212 Å². The van der Waals surface area contributed by atoms with Crippen LogP contribution in [0, 0.1) is 0 Å². The van der Waals surface area contributed by atoms with E-state index in [2.05, 4.69) is 254 Å². The Bertz CT molecular complexity index is 3210. The fourth-order valence-corrected chi connectivity index (χ4v) is 10.4. The van der Waals surface area contributed by atoms with Crippen molar-refractivity contribution < 1.29 is 0 Å². The molecule has 10 aromatic rings. The summed E-state index contributed by atoms with van der Waals surface area (Å²) < 4.78 is 0. The Morgan fingerprint density at radius 1 is 0.242 bits per heavy atom. The highest BCUT2D eigenvalue weighted by Gasteiger charge is 2.52. The van der Waals surface area contributed by atoms with Gasteiger partial charge in [-0.2, -0.15) is 0 Å². The summed E-state index contributed by atoms with van der Waals surface area (Å²) in [6.45, 7) is 0. The SMILES string of the molecule is c1ccc(-c2ccc(N(c3ccc(-c4ccc(-c5ccccc5)c(-c5ccccc5)c4)cc3)c3cccc4c3-c3ccccc3C43c4ccccc4-c4ccccc43)cc2)cc1. The van der Waals surface area contributed by atoms with E-state index in [9.17, 15) is 0 Å². The molecule has 0 aliphatic heterocycles. The molecule has 0 unspecified atom stereocenters. The summed E-state index contributed by atoms with van der Waals surface area (Å²) in [4.78, 5) is 2.47. The van der Waals surface area contributed by atoms with Gasteiger partial charge in [-0.25, -0.2) is 0 Å². The molecule has 0 heterocycles. The fraction of sp³-hybridized carbons (Fsp3) is 0.0164. The number of nitrogens with zero attached hydrogens (tertiary/aromatic N) is 1. The zero-order valence-electron chi connectivity index (χ0n) is 34.1. The van der Waals surface area contributed by atoms with Gasteiger partial charge in [0.1, 0.15) is 0 Å². The van der Waals surface area contributed by atoms with Gasteiger partial charge in [-0.3, -0.25) is 0 Å². The average Bonchev–Trinajstić information content (AvgIpc) is 3.83. The molecule has 0 bridgehead atoms. The van der Waals surface area contributed by atoms with Crippen LogP contribution in [0.4, 0.5) is 17.1 Å². The molecule has 2 aliphatic carbocycles. The van der Waals surface area contributed by atoms with Crippen LogP contribution in [0.3, 0.4) is 0 Å². The molecular weight excluding hydrogens is 747 g/mol. The number of benzene rings is 10. The summed E-state index contributed by atoms with van der Waals surface area (Å²) in [6, 6.07) is 91.4. The molecule has 1 spiro atoms. The minimum atomic E-state index is -0.426. The van der Waals surface area contributed by atoms with Crippen molar-refractivity contribution in [3.63, 3.8) is 0 Å². The molecule has 2 aliphatic rings. The van der Waals surface area contributed by atoms with Crippen LogP contribution in [0.5, 0.6) is 0 Å². The van der Waals surface area contributed by atoms with Crippen molar-refractivity contribution in [2.24, 2.45) is 0 Å². The second-order valence-corrected chi connectivity index (χ2v) is 16.4. The van der Waals surface area contributed by atoms with E-state index in [-0.39, 0.29) is 0 Å². The van der Waals surface area contributed by atoms with Crippen molar-refractivity contribution in [3.05, 3.63) is 271 Å². The Hall–Kier alpha value is -8.00. The highest BCUT2D eigenvalue weighted by molar-refractivity contribution is 6.01. The van der Waals surface area contributed by atoms with Crippen LogP contribution in [0.25, 0.3) is 66.8 Å². The molecule has 12 rings (SSSR count). The molecule has 290 valence electrons. The van der Waals surface area contributed by atoms with Gasteiger partial charge >= 0.3 is 0 Å². The van der Waals surface area contributed by atoms with Crippen LogP contribution in [0.2, 0.25) is 0 Å². The van der Waals surface area contributed by atoms with Crippen LogP contribution >= 0.6 is 0 Å². The van der Waals surface area contributed by atoms with E-state index < -0.39 is 5.41 Å². The molecule has 1 heteroatoms. The van der Waals surface area contributed by atoms with Crippen LogP contribution in [0.1, 0.15) is 22.3 Å². The predicted octanol–water partition coefficient (Wildman–Crippen LogP) is 16.2. The topological polar surface area (TPSA) is 3.24 Å². The van der Waals surface area contributed by atoms with Gasteiger partial charge in [0.15, 0.2) is 0 Å². The Kier molecular flexibility index (Phi) is 8.47. The lowest BCUT2D eigenvalue weighted by Gasteiger charge is -2.32. The third-order valence-electron chi connectivity index (χ3n) is 13.1. The Morgan fingerprint density at radius 3 is 1.21 bits per heavy atom. The fourth-order valence-electron chi connectivity index (χ4n) is 10.4. The van der Waals surface area contributed by atoms with Gasteiger partial charge in [0.25, 0.3) is 0 Å². The highest BCUT2D eigenvalue weighted by atomic mass is 15.1. The number of hydrogen-bond donors (Lipinski definition) is 0. The van der Waals surface area contributed by atoms with Crippen molar-refractivity contribution in [1.82, 2.24) is 0 Å². The standard InChI is InChI=1S/C61H41N/c1-4-17-42(18-5-1)43-31-36-48(37-32-43)62(49-38-33-44(34-39-49)47-35-40-50(45-19-6-2-7-20-45)54(41-47)46-21-8-3-9-22-46)59-30-16-29-58-60(59)53-25-12-15-28-57(53)61(58)55-26-13-10-23-51(55)52-24-11-14-27-56(52)61/h1-41H. The van der Waals surface area contributed by atoms with E-state index in [1.165, 1.54) is 89.0 Å². The van der Waals surface area contributed by atoms with Gasteiger partial charge in [0.05, 0.1) is 11.1 Å². The molecule has 0 saturated carbocycles. The largest absolute Gasteiger partial charge is 0.310 e. The molecule has 0 atom stereocenters. The molecule has 0 amide bonds. The summed E-state index contributed by atoms with van der Waals surface area (Å²) >= 11 is 0. The van der Waals surface area contributed by atoms with Crippen molar-refractivity contribution >= 4 is 17.1 Å². The van der Waals surface area contributed by atoms with E-state index in [0.717, 1.165) is 17.1 Å². The summed E-state index contributed by atoms with van der Waals surface area (Å²) in [5.41, 5.74) is 23.1. The number of rotatable bonds is 7. The smallest absolute Gasteiger partial charge is 0.0726 e. The molecule has 10 aromatic carbocycles. The molecular formula is C61H41N. The molecule has 0 aromatic heterocycles. The third-order valence-corrected chi connectivity index (χ3v) is 13.1. The van der Waals surface area contributed by atoms with Gasteiger partial charge < -0.3 is 4.90 Å². The molecule has 0 N–H and O–H groups in total. The van der Waals surface area contributed by atoms with E-state index >= 15 is 0 Å². The van der Waals surface area contributed by atoms with Crippen molar-refractivity contribution in [2.75, 3.05) is 4.90 Å². The minimum Gasteiger partial charge on any atom is -0.310 e. The van der Waals surface area contributed by atoms with E-state index in [1.54, 1.807) is 0 Å². The normalized spacial score (nSPS) is 12.6. The predicted molar refractivity (Wildman–Crippen MR) is 259 cm³/mol. The van der Waals surface area contributed by atoms with Gasteiger partial charge in [0.2, 0.25) is 0 Å². The summed E-state index contributed by atoms with van der Waals surface area (Å²) in [5.74, 6) is 0. The van der Waals surface area contributed by atoms with Crippen molar-refractivity contribution in [3.8, 4) is 66.8 Å². The molecule has 62 heavy (non-hydrogen) atoms. The van der Waals surface area contributed by atoms with Crippen LogP contribution < -0.4 is 4.90 Å². The maximum Gasteiger partial charge on any atom is 0.0726 e. The second kappa shape index (κ2) is 14.6. The number of hydrogen-bond acceptors (Lipinski definition) is 1. The average molecular weight is 788 g/mol. The third kappa shape index (κ3) is 5.56. The maximum atomic E-state index is 2.47. The zero-order valence-corrected chi connectivity index (χ0v) is 34.1. The first-order chi connectivity index (χ1) is 30.8. The molecule has 0 saturated heterocycles. The molecule has 0 radical (unpaired) electrons. The van der Waals surface area contributed by atoms with E-state index in [4.69, 9.17) is 0 Å². The Morgan fingerprint density at radius 2 is 0.645 bits per heavy atom. The van der Waals surface area contributed by atoms with Crippen LogP contribution in [-0.2, 0) is 5.41 Å². The van der Waals surface area contributed by atoms with Crippen LogP contribution in [-0.4, -0.2) is 0 Å². The lowest BCUT2D eigenvalue weighted by atomic mass is 9.70. The van der Waals surface area contributed by atoms with Crippen LogP contribution in [0.15, 0.2) is 249 Å². The first-order valence-corrected chi connectivity index (χ1v) is 21.5. The molecule has 0 fully saturated rings. The molecule has 1 nitrogen and oxygen atoms in total. The summed E-state index contributed by atoms with van der Waals surface area (Å²) in [6.07, 6.45) is 0. The van der Waals surface area contributed by atoms with Gasteiger partial charge in [0, 0.05) is 16.9 Å². The Balaban J connectivity index is 1.04. The van der Waals surface area contributed by atoms with Gasteiger partial charge in [-0.05, 0) is 120 Å². The number of fused-ring (bicyclic) bond motifs is 10. The number of anilines is 3. The van der Waals surface area contributed by atoms with Gasteiger partial charge in [-0.15, -0.1) is 0 Å². The lowest BCUT2D eigenvalue weighted by molar-refractivity contribution is 0.794. The first kappa shape index (κ1) is 35.9. The van der Waals surface area contributed by atoms with E-state index in [1.807, 2.05) is 0 Å². The Labute approximate surface area is 363 Å². The minimum absolute atomic E-state index is 0.426. The second-order valence-electron chi connectivity index (χ2n) is 16.4. The van der Waals surface area contributed by atoms with E-state index in [0.29, 0.717) is 0 Å². The monoisotopic (exact) mass is 787 g/mol.